The zero-order chi connectivity index (χ0) is 18.4. The largest absolute Gasteiger partial charge is 0.445 e. The quantitative estimate of drug-likeness (QED) is 0.842. The number of carbonyl (C=O) groups excluding carboxylic acids is 2. The van der Waals surface area contributed by atoms with E-state index < -0.39 is 6.09 Å². The van der Waals surface area contributed by atoms with Crippen molar-refractivity contribution in [2.24, 2.45) is 0 Å². The van der Waals surface area contributed by atoms with Crippen LogP contribution in [-0.2, 0) is 16.1 Å². The summed E-state index contributed by atoms with van der Waals surface area (Å²) in [7, 11) is 0. The molecule has 26 heavy (non-hydrogen) atoms. The maximum atomic E-state index is 12.5. The van der Waals surface area contributed by atoms with Crippen molar-refractivity contribution in [2.75, 3.05) is 18.8 Å². The lowest BCUT2D eigenvalue weighted by Crippen LogP contribution is -2.40. The first-order valence-electron chi connectivity index (χ1n) is 8.25. The fourth-order valence-electron chi connectivity index (χ4n) is 2.68. The minimum atomic E-state index is -0.608. The van der Waals surface area contributed by atoms with Crippen molar-refractivity contribution in [3.63, 3.8) is 0 Å². The summed E-state index contributed by atoms with van der Waals surface area (Å²) in [6.45, 7) is 0.692. The highest BCUT2D eigenvalue weighted by Gasteiger charge is 2.31. The van der Waals surface area contributed by atoms with Gasteiger partial charge in [0.25, 0.3) is 0 Å². The summed E-state index contributed by atoms with van der Waals surface area (Å²) >= 11 is 7.92. The first kappa shape index (κ1) is 18.6. The van der Waals surface area contributed by atoms with Gasteiger partial charge >= 0.3 is 6.09 Å². The first-order chi connectivity index (χ1) is 12.6. The monoisotopic (exact) mass is 390 g/mol. The van der Waals surface area contributed by atoms with Gasteiger partial charge in [0.2, 0.25) is 5.91 Å². The number of ether oxygens (including phenoxy) is 1. The summed E-state index contributed by atoms with van der Waals surface area (Å²) < 4.78 is 5.12. The molecule has 136 valence electrons. The number of benzene rings is 2. The molecule has 1 aliphatic rings. The Bertz CT molecular complexity index is 772. The van der Waals surface area contributed by atoms with Crippen molar-refractivity contribution in [1.82, 2.24) is 10.2 Å². The van der Waals surface area contributed by atoms with Crippen LogP contribution < -0.4 is 5.32 Å². The molecule has 3 rings (SSSR count). The maximum Gasteiger partial charge on any atom is 0.407 e. The van der Waals surface area contributed by atoms with Gasteiger partial charge in [-0.05, 0) is 11.6 Å². The molecule has 0 aromatic heterocycles. The van der Waals surface area contributed by atoms with Gasteiger partial charge in [0, 0.05) is 22.9 Å². The van der Waals surface area contributed by atoms with Gasteiger partial charge in [0.05, 0.1) is 0 Å². The molecule has 2 aromatic rings. The van der Waals surface area contributed by atoms with Gasteiger partial charge in [-0.1, -0.05) is 60.1 Å². The van der Waals surface area contributed by atoms with Gasteiger partial charge in [0.15, 0.2) is 0 Å². The molecule has 7 heteroatoms. The lowest BCUT2D eigenvalue weighted by molar-refractivity contribution is -0.130. The van der Waals surface area contributed by atoms with E-state index in [2.05, 4.69) is 5.32 Å². The van der Waals surface area contributed by atoms with Crippen LogP contribution in [-0.4, -0.2) is 35.7 Å². The van der Waals surface area contributed by atoms with Crippen molar-refractivity contribution >= 4 is 35.4 Å². The standard InChI is InChI=1S/C19H19ClN2O3S/c20-16-9-5-4-8-15(16)18-22(10-11-26-18)17(23)12-21-19(24)25-13-14-6-2-1-3-7-14/h1-9,18H,10-13H2,(H,21,24). The summed E-state index contributed by atoms with van der Waals surface area (Å²) in [5.74, 6) is 0.677. The number of nitrogens with zero attached hydrogens (tertiary/aromatic N) is 1. The smallest absolute Gasteiger partial charge is 0.407 e. The molecule has 0 bridgehead atoms. The average Bonchev–Trinajstić information content (AvgIpc) is 3.15. The van der Waals surface area contributed by atoms with Crippen LogP contribution >= 0.6 is 23.4 Å². The molecule has 0 radical (unpaired) electrons. The molecule has 1 atom stereocenters. The third kappa shape index (κ3) is 4.71. The van der Waals surface area contributed by atoms with Crippen molar-refractivity contribution < 1.29 is 14.3 Å². The summed E-state index contributed by atoms with van der Waals surface area (Å²) in [6.07, 6.45) is -0.608. The molecule has 2 aromatic carbocycles. The fourth-order valence-corrected chi connectivity index (χ4v) is 4.30. The summed E-state index contributed by atoms with van der Waals surface area (Å²) in [5, 5.41) is 3.03. The fraction of sp³-hybridized carbons (Fsp3) is 0.263. The van der Waals surface area contributed by atoms with Gasteiger partial charge in [-0.2, -0.15) is 0 Å². The van der Waals surface area contributed by atoms with Gasteiger partial charge < -0.3 is 15.0 Å². The highest BCUT2D eigenvalue weighted by atomic mass is 35.5. The Hall–Kier alpha value is -2.18. The second-order valence-corrected chi connectivity index (χ2v) is 7.34. The van der Waals surface area contributed by atoms with E-state index in [-0.39, 0.29) is 24.4 Å². The van der Waals surface area contributed by atoms with Gasteiger partial charge in [-0.25, -0.2) is 4.79 Å². The predicted octanol–water partition coefficient (Wildman–Crippen LogP) is 3.84. The van der Waals surface area contributed by atoms with Gasteiger partial charge in [-0.15, -0.1) is 11.8 Å². The minimum Gasteiger partial charge on any atom is -0.445 e. The molecule has 1 N–H and O–H groups in total. The molecule has 1 aliphatic heterocycles. The minimum absolute atomic E-state index is 0.102. The molecule has 1 heterocycles. The number of hydrogen-bond acceptors (Lipinski definition) is 4. The normalized spacial score (nSPS) is 16.3. The number of halogens is 1. The van der Waals surface area contributed by atoms with E-state index in [1.807, 2.05) is 54.6 Å². The molecule has 0 spiro atoms. The molecule has 2 amide bonds. The second-order valence-electron chi connectivity index (χ2n) is 5.75. The number of amides is 2. The average molecular weight is 391 g/mol. The van der Waals surface area contributed by atoms with E-state index in [4.69, 9.17) is 16.3 Å². The summed E-state index contributed by atoms with van der Waals surface area (Å²) in [6, 6.07) is 16.9. The third-order valence-electron chi connectivity index (χ3n) is 3.98. The van der Waals surface area contributed by atoms with E-state index in [9.17, 15) is 9.59 Å². The van der Waals surface area contributed by atoms with Crippen LogP contribution in [0, 0.1) is 0 Å². The number of nitrogens with one attached hydrogen (secondary N) is 1. The lowest BCUT2D eigenvalue weighted by Gasteiger charge is -2.25. The predicted molar refractivity (Wildman–Crippen MR) is 103 cm³/mol. The van der Waals surface area contributed by atoms with E-state index in [0.717, 1.165) is 16.9 Å². The van der Waals surface area contributed by atoms with Crippen LogP contribution in [0.2, 0.25) is 5.02 Å². The van der Waals surface area contributed by atoms with Crippen LogP contribution in [0.1, 0.15) is 16.5 Å². The van der Waals surface area contributed by atoms with Crippen molar-refractivity contribution in [2.45, 2.75) is 12.0 Å². The number of carbonyl (C=O) groups is 2. The van der Waals surface area contributed by atoms with Crippen molar-refractivity contribution in [3.05, 3.63) is 70.7 Å². The Kier molecular flexibility index (Phi) is 6.41. The van der Waals surface area contributed by atoms with E-state index in [1.165, 1.54) is 0 Å². The molecule has 0 saturated carbocycles. The number of alkyl carbamates (subject to hydrolysis) is 1. The summed E-state index contributed by atoms with van der Waals surface area (Å²) in [4.78, 5) is 26.1. The zero-order valence-electron chi connectivity index (χ0n) is 14.1. The van der Waals surface area contributed by atoms with E-state index >= 15 is 0 Å². The molecule has 0 aliphatic carbocycles. The molecule has 1 unspecified atom stereocenters. The van der Waals surface area contributed by atoms with E-state index in [0.29, 0.717) is 11.6 Å². The Balaban J connectivity index is 1.51. The van der Waals surface area contributed by atoms with Crippen LogP contribution in [0.3, 0.4) is 0 Å². The Labute approximate surface area is 161 Å². The third-order valence-corrected chi connectivity index (χ3v) is 5.57. The van der Waals surface area contributed by atoms with Crippen LogP contribution in [0.25, 0.3) is 0 Å². The van der Waals surface area contributed by atoms with Crippen LogP contribution in [0.4, 0.5) is 4.79 Å². The molecule has 1 saturated heterocycles. The molecular weight excluding hydrogens is 372 g/mol. The Morgan fingerprint density at radius 3 is 2.65 bits per heavy atom. The van der Waals surface area contributed by atoms with Crippen molar-refractivity contribution in [3.8, 4) is 0 Å². The topological polar surface area (TPSA) is 58.6 Å². The number of hydrogen-bond donors (Lipinski definition) is 1. The van der Waals surface area contributed by atoms with Gasteiger partial charge in [-0.3, -0.25) is 4.79 Å². The second kappa shape index (κ2) is 8.96. The van der Waals surface area contributed by atoms with Crippen LogP contribution in [0.15, 0.2) is 54.6 Å². The maximum absolute atomic E-state index is 12.5. The SMILES string of the molecule is O=C(NCC(=O)N1CCSC1c1ccccc1Cl)OCc1ccccc1. The van der Waals surface area contributed by atoms with Gasteiger partial charge in [0.1, 0.15) is 18.5 Å². The van der Waals surface area contributed by atoms with Crippen LogP contribution in [0.5, 0.6) is 0 Å². The molecular formula is C19H19ClN2O3S. The van der Waals surface area contributed by atoms with Crippen molar-refractivity contribution in [1.29, 1.82) is 0 Å². The first-order valence-corrected chi connectivity index (χ1v) is 9.68. The summed E-state index contributed by atoms with van der Waals surface area (Å²) in [5.41, 5.74) is 1.81. The highest BCUT2D eigenvalue weighted by molar-refractivity contribution is 7.99. The number of thioether (sulfide) groups is 1. The van der Waals surface area contributed by atoms with E-state index in [1.54, 1.807) is 16.7 Å². The number of rotatable bonds is 5. The molecule has 5 nitrogen and oxygen atoms in total. The zero-order valence-corrected chi connectivity index (χ0v) is 15.6. The highest BCUT2D eigenvalue weighted by Crippen LogP contribution is 2.40. The Morgan fingerprint density at radius 1 is 1.15 bits per heavy atom. The molecule has 1 fully saturated rings. The Morgan fingerprint density at radius 2 is 1.88 bits per heavy atom. The lowest BCUT2D eigenvalue weighted by atomic mass is 10.2.